The summed E-state index contributed by atoms with van der Waals surface area (Å²) in [7, 11) is 3.53. The van der Waals surface area contributed by atoms with Crippen LogP contribution in [0.4, 0.5) is 10.5 Å². The Morgan fingerprint density at radius 3 is 2.53 bits per heavy atom. The number of benzene rings is 1. The van der Waals surface area contributed by atoms with Gasteiger partial charge in [0.25, 0.3) is 0 Å². The van der Waals surface area contributed by atoms with E-state index in [1.807, 2.05) is 32.0 Å². The van der Waals surface area contributed by atoms with Gasteiger partial charge in [-0.05, 0) is 31.0 Å². The molecule has 0 aliphatic carbocycles. The molecule has 4 nitrogen and oxygen atoms in total. The van der Waals surface area contributed by atoms with E-state index in [0.29, 0.717) is 0 Å². The van der Waals surface area contributed by atoms with Crippen LogP contribution in [0.1, 0.15) is 11.1 Å². The molecule has 0 aliphatic heterocycles. The molecule has 0 aliphatic rings. The SMILES string of the molecule is Cc1cccc(NC(=O)NN(C)C)c1C. The Labute approximate surface area is 90.2 Å². The zero-order chi connectivity index (χ0) is 11.4. The van der Waals surface area contributed by atoms with Gasteiger partial charge in [-0.3, -0.25) is 5.43 Å². The van der Waals surface area contributed by atoms with E-state index in [1.165, 1.54) is 0 Å². The molecule has 0 radical (unpaired) electrons. The van der Waals surface area contributed by atoms with Crippen LogP contribution < -0.4 is 10.7 Å². The Kier molecular flexibility index (Phi) is 3.68. The van der Waals surface area contributed by atoms with Gasteiger partial charge >= 0.3 is 6.03 Å². The fraction of sp³-hybridized carbons (Fsp3) is 0.364. The van der Waals surface area contributed by atoms with Gasteiger partial charge < -0.3 is 5.32 Å². The van der Waals surface area contributed by atoms with Gasteiger partial charge in [0.2, 0.25) is 0 Å². The van der Waals surface area contributed by atoms with Crippen molar-refractivity contribution in [3.63, 3.8) is 0 Å². The van der Waals surface area contributed by atoms with Crippen molar-refractivity contribution in [1.29, 1.82) is 0 Å². The highest BCUT2D eigenvalue weighted by Crippen LogP contribution is 2.17. The average molecular weight is 207 g/mol. The Balaban J connectivity index is 2.73. The van der Waals surface area contributed by atoms with Crippen LogP contribution in [0.15, 0.2) is 18.2 Å². The number of urea groups is 1. The summed E-state index contributed by atoms with van der Waals surface area (Å²) < 4.78 is 0. The van der Waals surface area contributed by atoms with E-state index in [9.17, 15) is 4.79 Å². The van der Waals surface area contributed by atoms with E-state index in [0.717, 1.165) is 16.8 Å². The molecule has 1 aromatic rings. The molecular weight excluding hydrogens is 190 g/mol. The molecule has 0 saturated heterocycles. The van der Waals surface area contributed by atoms with Crippen LogP contribution in [0.5, 0.6) is 0 Å². The van der Waals surface area contributed by atoms with Crippen LogP contribution >= 0.6 is 0 Å². The maximum atomic E-state index is 11.4. The van der Waals surface area contributed by atoms with Gasteiger partial charge in [0, 0.05) is 19.8 Å². The van der Waals surface area contributed by atoms with E-state index in [1.54, 1.807) is 19.1 Å². The molecule has 0 fully saturated rings. The maximum absolute atomic E-state index is 11.4. The van der Waals surface area contributed by atoms with Gasteiger partial charge in [0.05, 0.1) is 0 Å². The summed E-state index contributed by atoms with van der Waals surface area (Å²) in [4.78, 5) is 11.4. The third-order valence-electron chi connectivity index (χ3n) is 2.18. The van der Waals surface area contributed by atoms with Crippen LogP contribution in [0.25, 0.3) is 0 Å². The van der Waals surface area contributed by atoms with E-state index >= 15 is 0 Å². The molecule has 4 heteroatoms. The lowest BCUT2D eigenvalue weighted by Crippen LogP contribution is -2.39. The lowest BCUT2D eigenvalue weighted by atomic mass is 10.1. The summed E-state index contributed by atoms with van der Waals surface area (Å²) in [6, 6.07) is 5.60. The molecule has 0 bridgehead atoms. The molecular formula is C11H17N3O. The summed E-state index contributed by atoms with van der Waals surface area (Å²) in [5.74, 6) is 0. The highest BCUT2D eigenvalue weighted by molar-refractivity contribution is 5.89. The van der Waals surface area contributed by atoms with Crippen molar-refractivity contribution in [2.45, 2.75) is 13.8 Å². The highest BCUT2D eigenvalue weighted by Gasteiger charge is 2.05. The number of hydrogen-bond acceptors (Lipinski definition) is 2. The molecule has 0 aromatic heterocycles. The average Bonchev–Trinajstić information content (AvgIpc) is 2.11. The van der Waals surface area contributed by atoms with Gasteiger partial charge in [-0.25, -0.2) is 9.80 Å². The Bertz CT molecular complexity index is 361. The summed E-state index contributed by atoms with van der Waals surface area (Å²) >= 11 is 0. The minimum Gasteiger partial charge on any atom is -0.307 e. The second-order valence-corrected chi connectivity index (χ2v) is 3.71. The first-order chi connectivity index (χ1) is 7.00. The first-order valence-corrected chi connectivity index (χ1v) is 4.82. The first kappa shape index (κ1) is 11.5. The van der Waals surface area contributed by atoms with Gasteiger partial charge in [-0.2, -0.15) is 0 Å². The van der Waals surface area contributed by atoms with Crippen LogP contribution in [-0.2, 0) is 0 Å². The van der Waals surface area contributed by atoms with Crippen LogP contribution in [0, 0.1) is 13.8 Å². The lowest BCUT2D eigenvalue weighted by Gasteiger charge is -2.14. The van der Waals surface area contributed by atoms with Crippen molar-refractivity contribution >= 4 is 11.7 Å². The zero-order valence-electron chi connectivity index (χ0n) is 9.59. The standard InChI is InChI=1S/C11H17N3O/c1-8-6-5-7-10(9(8)2)12-11(15)13-14(3)4/h5-7H,1-4H3,(H2,12,13,15). The number of aryl methyl sites for hydroxylation is 1. The second-order valence-electron chi connectivity index (χ2n) is 3.71. The van der Waals surface area contributed by atoms with Crippen LogP contribution in [0.2, 0.25) is 0 Å². The molecule has 15 heavy (non-hydrogen) atoms. The molecule has 2 N–H and O–H groups in total. The van der Waals surface area contributed by atoms with Crippen molar-refractivity contribution in [2.75, 3.05) is 19.4 Å². The Hall–Kier alpha value is -1.55. The quantitative estimate of drug-likeness (QED) is 0.727. The molecule has 1 rings (SSSR count). The second kappa shape index (κ2) is 4.79. The van der Waals surface area contributed by atoms with Gasteiger partial charge in [-0.1, -0.05) is 12.1 Å². The van der Waals surface area contributed by atoms with E-state index in [4.69, 9.17) is 0 Å². The van der Waals surface area contributed by atoms with Crippen molar-refractivity contribution in [3.8, 4) is 0 Å². The summed E-state index contributed by atoms with van der Waals surface area (Å²) in [6.45, 7) is 4.00. The van der Waals surface area contributed by atoms with Gasteiger partial charge in [-0.15, -0.1) is 0 Å². The predicted octanol–water partition coefficient (Wildman–Crippen LogP) is 1.90. The smallest absolute Gasteiger partial charge is 0.307 e. The molecule has 82 valence electrons. The third-order valence-corrected chi connectivity index (χ3v) is 2.18. The number of hydrazine groups is 1. The number of hydrogen-bond donors (Lipinski definition) is 2. The topological polar surface area (TPSA) is 44.4 Å². The number of anilines is 1. The summed E-state index contributed by atoms with van der Waals surface area (Å²) in [5.41, 5.74) is 5.72. The molecule has 0 heterocycles. The largest absolute Gasteiger partial charge is 0.333 e. The minimum absolute atomic E-state index is 0.228. The minimum atomic E-state index is -0.228. The van der Waals surface area contributed by atoms with Crippen molar-refractivity contribution in [3.05, 3.63) is 29.3 Å². The van der Waals surface area contributed by atoms with Crippen molar-refractivity contribution in [2.24, 2.45) is 0 Å². The number of carbonyl (C=O) groups is 1. The molecule has 1 aromatic carbocycles. The normalized spacial score (nSPS) is 10.2. The monoisotopic (exact) mass is 207 g/mol. The molecule has 0 atom stereocenters. The van der Waals surface area contributed by atoms with Crippen LogP contribution in [0.3, 0.4) is 0 Å². The van der Waals surface area contributed by atoms with E-state index < -0.39 is 0 Å². The number of nitrogens with one attached hydrogen (secondary N) is 2. The number of amides is 2. The van der Waals surface area contributed by atoms with Gasteiger partial charge in [0.1, 0.15) is 0 Å². The summed E-state index contributed by atoms with van der Waals surface area (Å²) in [6.07, 6.45) is 0. The fourth-order valence-corrected chi connectivity index (χ4v) is 1.24. The molecule has 0 saturated carbocycles. The maximum Gasteiger partial charge on any atom is 0.333 e. The fourth-order valence-electron chi connectivity index (χ4n) is 1.24. The molecule has 0 unspecified atom stereocenters. The number of rotatable bonds is 2. The zero-order valence-corrected chi connectivity index (χ0v) is 9.59. The Morgan fingerprint density at radius 1 is 1.27 bits per heavy atom. The first-order valence-electron chi connectivity index (χ1n) is 4.82. The van der Waals surface area contributed by atoms with Crippen LogP contribution in [-0.4, -0.2) is 25.1 Å². The highest BCUT2D eigenvalue weighted by atomic mass is 16.2. The lowest BCUT2D eigenvalue weighted by molar-refractivity contribution is 0.224. The molecule has 0 spiro atoms. The van der Waals surface area contributed by atoms with Crippen molar-refractivity contribution < 1.29 is 4.79 Å². The molecule has 2 amide bonds. The predicted molar refractivity (Wildman–Crippen MR) is 61.8 cm³/mol. The number of carbonyl (C=O) groups excluding carboxylic acids is 1. The summed E-state index contributed by atoms with van der Waals surface area (Å²) in [5, 5.41) is 4.39. The third kappa shape index (κ3) is 3.25. The van der Waals surface area contributed by atoms with Crippen molar-refractivity contribution in [1.82, 2.24) is 10.4 Å². The van der Waals surface area contributed by atoms with Gasteiger partial charge in [0.15, 0.2) is 0 Å². The van der Waals surface area contributed by atoms with E-state index in [2.05, 4.69) is 10.7 Å². The van der Waals surface area contributed by atoms with E-state index in [-0.39, 0.29) is 6.03 Å². The Morgan fingerprint density at radius 2 is 1.93 bits per heavy atom. The number of nitrogens with zero attached hydrogens (tertiary/aromatic N) is 1.